The summed E-state index contributed by atoms with van der Waals surface area (Å²) in [5.74, 6) is -0.427. The Morgan fingerprint density at radius 2 is 1.23 bits per heavy atom. The molecule has 0 spiro atoms. The number of alkyl halides is 1. The number of halogens is 4. The van der Waals surface area contributed by atoms with Gasteiger partial charge < -0.3 is 41.4 Å². The van der Waals surface area contributed by atoms with Gasteiger partial charge in [0.25, 0.3) is 0 Å². The lowest BCUT2D eigenvalue weighted by Gasteiger charge is -2.38. The predicted molar refractivity (Wildman–Crippen MR) is 329 cm³/mol. The number of piperazine rings is 2. The first kappa shape index (κ1) is 67.5. The molecule has 408 valence electrons. The van der Waals surface area contributed by atoms with Crippen LogP contribution in [-0.4, -0.2) is 126 Å². The zero-order valence-electron chi connectivity index (χ0n) is 41.8. The van der Waals surface area contributed by atoms with Gasteiger partial charge in [0.1, 0.15) is 10.7 Å². The van der Waals surface area contributed by atoms with E-state index in [0.29, 0.717) is 33.1 Å². The fourth-order valence-corrected chi connectivity index (χ4v) is 9.38. The zero-order valence-corrected chi connectivity index (χ0v) is 48.9. The first-order valence-electron chi connectivity index (χ1n) is 22.8. The molecule has 22 heteroatoms. The number of thiocarbonyl (C=S) groups is 1. The quantitative estimate of drug-likeness (QED) is 0.0207. The Balaban J connectivity index is 0.000000589. The minimum Gasteiger partial charge on any atom is -0.494 e. The van der Waals surface area contributed by atoms with Crippen molar-refractivity contribution in [2.45, 2.75) is 61.6 Å². The van der Waals surface area contributed by atoms with Gasteiger partial charge >= 0.3 is 0 Å². The fourth-order valence-electron chi connectivity index (χ4n) is 7.46. The van der Waals surface area contributed by atoms with Crippen LogP contribution in [0.1, 0.15) is 75.1 Å². The molecular formula is C52H75Br2F2N10O4PS3. The lowest BCUT2D eigenvalue weighted by atomic mass is 10.1. The smallest absolute Gasteiger partial charge is 0.206 e. The summed E-state index contributed by atoms with van der Waals surface area (Å²) in [5, 5.41) is 7.90. The van der Waals surface area contributed by atoms with Crippen molar-refractivity contribution in [3.8, 4) is 11.5 Å². The van der Waals surface area contributed by atoms with E-state index in [1.807, 2.05) is 31.2 Å². The number of nitrogens with zero attached hydrogens (tertiary/aromatic N) is 6. The van der Waals surface area contributed by atoms with Crippen molar-refractivity contribution in [2.75, 3.05) is 104 Å². The summed E-state index contributed by atoms with van der Waals surface area (Å²) in [6, 6.07) is 25.9. The van der Waals surface area contributed by atoms with Crippen LogP contribution in [0.15, 0.2) is 89.9 Å². The molecule has 0 saturated carbocycles. The second-order valence-corrected chi connectivity index (χ2v) is 19.8. The minimum atomic E-state index is -0.601. The van der Waals surface area contributed by atoms with Crippen LogP contribution in [0, 0.1) is 11.6 Å². The number of benzene rings is 4. The summed E-state index contributed by atoms with van der Waals surface area (Å²) >= 11 is 10.8. The van der Waals surface area contributed by atoms with E-state index in [4.69, 9.17) is 33.2 Å². The van der Waals surface area contributed by atoms with E-state index < -0.39 is 11.6 Å². The number of nitrogen functional groups attached to an aromatic ring is 1. The number of Topliss-reactive ketones (excluding diaryl/α,β-unsaturated/α-hetero) is 1. The second kappa shape index (κ2) is 33.5. The van der Waals surface area contributed by atoms with Crippen LogP contribution >= 0.6 is 78.1 Å². The minimum absolute atomic E-state index is 0. The molecule has 3 heterocycles. The molecule has 1 atom stereocenters. The molecule has 0 amide bonds. The Morgan fingerprint density at radius 3 is 1.65 bits per heavy atom. The molecule has 14 nitrogen and oxygen atoms in total. The summed E-state index contributed by atoms with van der Waals surface area (Å²) in [7, 11) is 2.75. The highest BCUT2D eigenvalue weighted by molar-refractivity contribution is 9.09. The largest absolute Gasteiger partial charge is 0.494 e. The molecule has 74 heavy (non-hydrogen) atoms. The zero-order chi connectivity index (χ0) is 50.9. The second-order valence-electron chi connectivity index (χ2n) is 16.6. The SMILES string of the molecule is Br.C.C.CCSC(N)=NC(=S)Nc1ccc(N2CCN(C(C)C)CC2)cc1.COc1ccc(C(=O)CBr)cc1F.COc1ccc(C(=O)c2sc(Nc3ccc(N4CCN(C(C)C)CC4)cc3)nc2N)cc1F.P. The third kappa shape index (κ3) is 19.9. The van der Waals surface area contributed by atoms with Crippen molar-refractivity contribution in [3.05, 3.63) is 113 Å². The van der Waals surface area contributed by atoms with Gasteiger partial charge in [-0.25, -0.2) is 13.8 Å². The molecule has 7 rings (SSSR count). The van der Waals surface area contributed by atoms with E-state index in [-0.39, 0.29) is 86.4 Å². The number of aromatic nitrogens is 1. The van der Waals surface area contributed by atoms with Gasteiger partial charge in [-0.3, -0.25) is 19.4 Å². The number of rotatable bonds is 14. The third-order valence-electron chi connectivity index (χ3n) is 11.4. The molecule has 2 aliphatic rings. The number of ketones is 2. The number of hydrogen-bond donors (Lipinski definition) is 4. The summed E-state index contributed by atoms with van der Waals surface area (Å²) in [6.45, 7) is 19.5. The Morgan fingerprint density at radius 1 is 0.784 bits per heavy atom. The van der Waals surface area contributed by atoms with E-state index >= 15 is 0 Å². The summed E-state index contributed by atoms with van der Waals surface area (Å²) in [6.07, 6.45) is 0. The lowest BCUT2D eigenvalue weighted by molar-refractivity contribution is 0.102. The molecule has 4 aromatic carbocycles. The molecule has 2 saturated heterocycles. The normalized spacial score (nSPS) is 13.5. The van der Waals surface area contributed by atoms with Gasteiger partial charge in [-0.05, 0) is 131 Å². The summed E-state index contributed by atoms with van der Waals surface area (Å²) in [5.41, 5.74) is 16.5. The van der Waals surface area contributed by atoms with Crippen molar-refractivity contribution in [1.29, 1.82) is 0 Å². The van der Waals surface area contributed by atoms with Crippen molar-refractivity contribution in [1.82, 2.24) is 14.8 Å². The number of nitrogens with two attached hydrogens (primary N) is 2. The highest BCUT2D eigenvalue weighted by atomic mass is 79.9. The molecule has 6 N–H and O–H groups in total. The van der Waals surface area contributed by atoms with Gasteiger partial charge in [0.2, 0.25) is 5.78 Å². The van der Waals surface area contributed by atoms with E-state index in [0.717, 1.165) is 86.9 Å². The van der Waals surface area contributed by atoms with Gasteiger partial charge in [0, 0.05) is 98.3 Å². The number of anilines is 6. The van der Waals surface area contributed by atoms with Crippen LogP contribution in [0.4, 0.5) is 42.5 Å². The van der Waals surface area contributed by atoms with Crippen LogP contribution in [0.25, 0.3) is 0 Å². The first-order chi connectivity index (χ1) is 33.5. The molecule has 0 radical (unpaired) electrons. The van der Waals surface area contributed by atoms with Crippen LogP contribution in [-0.2, 0) is 0 Å². The number of methoxy groups -OCH3 is 2. The third-order valence-corrected chi connectivity index (χ3v) is 13.8. The number of nitrogens with one attached hydrogen (secondary N) is 2. The molecule has 1 aromatic heterocycles. The topological polar surface area (TPSA) is 167 Å². The van der Waals surface area contributed by atoms with Crippen LogP contribution in [0.2, 0.25) is 0 Å². The number of carbonyl (C=O) groups excluding carboxylic acids is 2. The average Bonchev–Trinajstić information content (AvgIpc) is 3.73. The molecule has 0 bridgehead atoms. The standard InChI is InChI=1S/C24H28FN5O2S.C17H27N5S2.C9H8BrFO2.2CH4.BrH.H3P/c1-15(2)29-10-12-30(13-11-29)18-7-5-17(6-8-18)27-24-28-23(26)22(33-24)21(31)16-4-9-20(32-3)19(25)14-16;1-4-24-16(18)20-17(23)19-14-5-7-15(8-6-14)22-11-9-21(10-12-22)13(2)3;1-13-9-3-2-6(4-7(9)11)8(12)5-10;;;;/h4-9,14-15H,10-13,26H2,1-3H3,(H,27,28);5-8,13H,4,9-12H2,1-3H3,(H3,18,19,20,23);2-4H,5H2,1H3;2*1H4;1H;1H3. The van der Waals surface area contributed by atoms with E-state index in [1.165, 1.54) is 67.7 Å². The number of ether oxygens (including phenoxy) is 2. The van der Waals surface area contributed by atoms with E-state index in [2.05, 4.69) is 108 Å². The molecule has 2 aliphatic heterocycles. The maximum absolute atomic E-state index is 14.0. The fraction of sp³-hybridized carbons (Fsp3) is 0.404. The van der Waals surface area contributed by atoms with Crippen LogP contribution in [0.3, 0.4) is 0 Å². The Labute approximate surface area is 473 Å². The number of aliphatic imine (C=N–C) groups is 1. The highest BCUT2D eigenvalue weighted by Crippen LogP contribution is 2.32. The molecule has 2 fully saturated rings. The molecule has 5 aromatic rings. The van der Waals surface area contributed by atoms with Gasteiger partial charge in [-0.2, -0.15) is 14.9 Å². The molecule has 1 unspecified atom stereocenters. The first-order valence-corrected chi connectivity index (χ1v) is 26.2. The Hall–Kier alpha value is -4.47. The number of amidine groups is 1. The van der Waals surface area contributed by atoms with Crippen molar-refractivity contribution < 1.29 is 27.8 Å². The van der Waals surface area contributed by atoms with Crippen molar-refractivity contribution >= 4 is 134 Å². The maximum Gasteiger partial charge on any atom is 0.206 e. The van der Waals surface area contributed by atoms with Crippen molar-refractivity contribution in [2.24, 2.45) is 10.7 Å². The van der Waals surface area contributed by atoms with Gasteiger partial charge in [-0.15, -0.1) is 17.0 Å². The van der Waals surface area contributed by atoms with Gasteiger partial charge in [0.15, 0.2) is 44.3 Å². The highest BCUT2D eigenvalue weighted by Gasteiger charge is 2.22. The Kier molecular flexibility index (Phi) is 30.6. The number of thioether (sulfide) groups is 1. The number of carbonyl (C=O) groups is 2. The maximum atomic E-state index is 14.0. The van der Waals surface area contributed by atoms with Crippen LogP contribution in [0.5, 0.6) is 11.5 Å². The lowest BCUT2D eigenvalue weighted by Crippen LogP contribution is -2.48. The molecular weight excluding hydrogens is 1150 g/mol. The summed E-state index contributed by atoms with van der Waals surface area (Å²) in [4.78, 5) is 42.4. The van der Waals surface area contributed by atoms with Gasteiger partial charge in [-0.1, -0.05) is 60.8 Å². The van der Waals surface area contributed by atoms with Gasteiger partial charge in [0.05, 0.1) is 19.5 Å². The van der Waals surface area contributed by atoms with E-state index in [1.54, 1.807) is 0 Å². The van der Waals surface area contributed by atoms with Crippen LogP contribution < -0.4 is 41.4 Å². The number of hydrogen-bond acceptors (Lipinski definition) is 14. The van der Waals surface area contributed by atoms with E-state index in [9.17, 15) is 18.4 Å². The monoisotopic (exact) mass is 1230 g/mol. The predicted octanol–water partition coefficient (Wildman–Crippen LogP) is 11.7. The van der Waals surface area contributed by atoms with Crippen molar-refractivity contribution in [3.63, 3.8) is 0 Å². The average molecular weight is 1230 g/mol. The Bertz CT molecular complexity index is 2550. The number of thiazole rings is 1. The summed E-state index contributed by atoms with van der Waals surface area (Å²) < 4.78 is 36.7. The molecule has 0 aliphatic carbocycles.